The molecule has 0 amide bonds. The van der Waals surface area contributed by atoms with E-state index in [9.17, 15) is 31.6 Å². The highest BCUT2D eigenvalue weighted by molar-refractivity contribution is 7.68. The number of halogens is 5. The van der Waals surface area contributed by atoms with Gasteiger partial charge in [-0.25, -0.2) is 22.0 Å². The molecule has 0 saturated heterocycles. The summed E-state index contributed by atoms with van der Waals surface area (Å²) >= 11 is 0. The first-order valence-electron chi connectivity index (χ1n) is 7.18. The molecule has 0 aliphatic heterocycles. The summed E-state index contributed by atoms with van der Waals surface area (Å²) in [5, 5.41) is 6.91. The summed E-state index contributed by atoms with van der Waals surface area (Å²) in [6.07, 6.45) is 1.30. The van der Waals surface area contributed by atoms with Gasteiger partial charge in [0.25, 0.3) is 7.37 Å². The van der Waals surface area contributed by atoms with Crippen LogP contribution in [-0.2, 0) is 9.09 Å². The van der Waals surface area contributed by atoms with Gasteiger partial charge in [0.15, 0.2) is 23.3 Å². The first kappa shape index (κ1) is 18.4. The largest absolute Gasteiger partial charge is 0.379 e. The topological polar surface area (TPSA) is 46.5 Å². The van der Waals surface area contributed by atoms with E-state index in [0.717, 1.165) is 0 Å². The number of hydrogen-bond acceptors (Lipinski definition) is 3. The highest BCUT2D eigenvalue weighted by atomic mass is 31.2. The Morgan fingerprint density at radius 1 is 0.957 bits per heavy atom. The summed E-state index contributed by atoms with van der Waals surface area (Å²) < 4.78 is 86.3. The molecule has 1 aromatic rings. The van der Waals surface area contributed by atoms with Crippen LogP contribution in [0.5, 0.6) is 0 Å². The van der Waals surface area contributed by atoms with Crippen LogP contribution >= 0.6 is 7.37 Å². The van der Waals surface area contributed by atoms with Gasteiger partial charge in [-0.3, -0.25) is 4.57 Å². The van der Waals surface area contributed by atoms with Crippen molar-refractivity contribution in [1.29, 1.82) is 0 Å². The van der Waals surface area contributed by atoms with Crippen LogP contribution < -0.4 is 5.30 Å². The Morgan fingerprint density at radius 2 is 1.39 bits per heavy atom. The van der Waals surface area contributed by atoms with Crippen LogP contribution in [0.3, 0.4) is 0 Å². The van der Waals surface area contributed by atoms with Crippen molar-refractivity contribution in [3.05, 3.63) is 29.1 Å². The third kappa shape index (κ3) is 2.81. The van der Waals surface area contributed by atoms with E-state index in [-0.39, 0.29) is 19.4 Å². The monoisotopic (exact) mass is 358 g/mol. The molecule has 1 fully saturated rings. The Balaban J connectivity index is 2.75. The SMILES string of the molecule is CCO[P@@](=O)(c1c(F)c(F)c(F)c(F)c1F)C1(O)CCCCC1. The fourth-order valence-corrected chi connectivity index (χ4v) is 5.61. The van der Waals surface area contributed by atoms with Gasteiger partial charge in [0.05, 0.1) is 6.61 Å². The quantitative estimate of drug-likeness (QED) is 0.383. The van der Waals surface area contributed by atoms with E-state index >= 15 is 0 Å². The number of benzene rings is 1. The fraction of sp³-hybridized carbons (Fsp3) is 0.571. The van der Waals surface area contributed by atoms with Crippen molar-refractivity contribution in [1.82, 2.24) is 0 Å². The second-order valence-corrected chi connectivity index (χ2v) is 8.07. The van der Waals surface area contributed by atoms with Crippen molar-refractivity contribution < 1.29 is 36.1 Å². The lowest BCUT2D eigenvalue weighted by Gasteiger charge is -2.38. The lowest BCUT2D eigenvalue weighted by atomic mass is 9.97. The molecule has 130 valence electrons. The maximum absolute atomic E-state index is 14.1. The predicted octanol–water partition coefficient (Wildman–Crippen LogP) is 3.97. The summed E-state index contributed by atoms with van der Waals surface area (Å²) in [5.74, 6) is -11.2. The van der Waals surface area contributed by atoms with Crippen molar-refractivity contribution in [2.75, 3.05) is 6.61 Å². The highest BCUT2D eigenvalue weighted by Gasteiger charge is 2.53. The van der Waals surface area contributed by atoms with E-state index in [2.05, 4.69) is 0 Å². The summed E-state index contributed by atoms with van der Waals surface area (Å²) in [5.41, 5.74) is 0. The Hall–Kier alpha value is -0.980. The van der Waals surface area contributed by atoms with Crippen molar-refractivity contribution in [3.63, 3.8) is 0 Å². The standard InChI is InChI=1S/C14H16F5O3P/c1-2-22-23(21,14(20)6-4-3-5-7-14)13-11(18)9(16)8(15)10(17)12(13)19/h20H,2-7H2,1H3/t23-/m0/s1. The number of aliphatic hydroxyl groups is 1. The minimum atomic E-state index is -4.75. The summed E-state index contributed by atoms with van der Waals surface area (Å²) in [4.78, 5) is 0. The third-order valence-electron chi connectivity index (χ3n) is 3.99. The fourth-order valence-electron chi connectivity index (χ4n) is 2.84. The second kappa shape index (κ2) is 6.49. The van der Waals surface area contributed by atoms with Gasteiger partial charge in [-0.2, -0.15) is 0 Å². The molecule has 1 aliphatic carbocycles. The van der Waals surface area contributed by atoms with Gasteiger partial charge in [-0.05, 0) is 32.6 Å². The normalized spacial score (nSPS) is 20.3. The molecule has 1 saturated carbocycles. The number of hydrogen-bond donors (Lipinski definition) is 1. The van der Waals surface area contributed by atoms with Gasteiger partial charge in [0.1, 0.15) is 10.6 Å². The molecule has 1 aromatic carbocycles. The molecule has 23 heavy (non-hydrogen) atoms. The van der Waals surface area contributed by atoms with Crippen molar-refractivity contribution in [3.8, 4) is 0 Å². The van der Waals surface area contributed by atoms with Gasteiger partial charge < -0.3 is 9.63 Å². The third-order valence-corrected chi connectivity index (χ3v) is 7.14. The lowest BCUT2D eigenvalue weighted by Crippen LogP contribution is -2.39. The molecular formula is C14H16F5O3P. The molecule has 0 spiro atoms. The summed E-state index contributed by atoms with van der Waals surface area (Å²) in [7, 11) is -4.75. The molecule has 9 heteroatoms. The van der Waals surface area contributed by atoms with Crippen molar-refractivity contribution in [2.45, 2.75) is 44.4 Å². The van der Waals surface area contributed by atoms with Gasteiger partial charge in [0.2, 0.25) is 5.82 Å². The smallest absolute Gasteiger partial charge is 0.268 e. The van der Waals surface area contributed by atoms with Crippen LogP contribution in [0.2, 0.25) is 0 Å². The molecule has 0 bridgehead atoms. The van der Waals surface area contributed by atoms with Crippen LogP contribution in [0.4, 0.5) is 22.0 Å². The molecule has 1 aliphatic rings. The second-order valence-electron chi connectivity index (χ2n) is 5.43. The summed E-state index contributed by atoms with van der Waals surface area (Å²) in [6.45, 7) is 1.03. The van der Waals surface area contributed by atoms with Crippen LogP contribution in [-0.4, -0.2) is 17.1 Å². The van der Waals surface area contributed by atoms with Gasteiger partial charge in [-0.1, -0.05) is 6.42 Å². The molecule has 0 heterocycles. The van der Waals surface area contributed by atoms with Crippen molar-refractivity contribution >= 4 is 12.7 Å². The zero-order chi connectivity index (χ0) is 17.4. The molecule has 1 N–H and O–H groups in total. The average molecular weight is 358 g/mol. The Morgan fingerprint density at radius 3 is 1.83 bits per heavy atom. The van der Waals surface area contributed by atoms with E-state index in [1.807, 2.05) is 0 Å². The predicted molar refractivity (Wildman–Crippen MR) is 73.1 cm³/mol. The van der Waals surface area contributed by atoms with Gasteiger partial charge in [-0.15, -0.1) is 0 Å². The molecule has 3 nitrogen and oxygen atoms in total. The van der Waals surface area contributed by atoms with Crippen molar-refractivity contribution in [2.24, 2.45) is 0 Å². The minimum Gasteiger partial charge on any atom is -0.379 e. The highest BCUT2D eigenvalue weighted by Crippen LogP contribution is 2.62. The first-order valence-corrected chi connectivity index (χ1v) is 8.81. The van der Waals surface area contributed by atoms with Gasteiger partial charge >= 0.3 is 0 Å². The molecule has 0 unspecified atom stereocenters. The maximum atomic E-state index is 14.1. The first-order chi connectivity index (χ1) is 10.7. The van der Waals surface area contributed by atoms with E-state index in [4.69, 9.17) is 4.52 Å². The van der Waals surface area contributed by atoms with Crippen LogP contribution in [0.25, 0.3) is 0 Å². The van der Waals surface area contributed by atoms with Crippen LogP contribution in [0.1, 0.15) is 39.0 Å². The van der Waals surface area contributed by atoms with E-state index in [1.165, 1.54) is 6.92 Å². The molecular weight excluding hydrogens is 342 g/mol. The van der Waals surface area contributed by atoms with Gasteiger partial charge in [0, 0.05) is 0 Å². The minimum absolute atomic E-state index is 0.107. The lowest BCUT2D eigenvalue weighted by molar-refractivity contribution is 0.0659. The van der Waals surface area contributed by atoms with Crippen LogP contribution in [0, 0.1) is 29.1 Å². The average Bonchev–Trinajstić information content (AvgIpc) is 2.52. The van der Waals surface area contributed by atoms with E-state index in [0.29, 0.717) is 19.3 Å². The maximum Gasteiger partial charge on any atom is 0.268 e. The Bertz CT molecular complexity index is 629. The molecule has 1 atom stereocenters. The van der Waals surface area contributed by atoms with E-state index in [1.54, 1.807) is 0 Å². The number of rotatable bonds is 4. The Kier molecular flexibility index (Phi) is 5.18. The molecule has 2 rings (SSSR count). The summed E-state index contributed by atoms with van der Waals surface area (Å²) in [6, 6.07) is 0. The molecule has 0 aromatic heterocycles. The molecule has 0 radical (unpaired) electrons. The van der Waals surface area contributed by atoms with E-state index < -0.39 is 47.1 Å². The zero-order valence-electron chi connectivity index (χ0n) is 12.3. The Labute approximate surface area is 129 Å². The zero-order valence-corrected chi connectivity index (χ0v) is 13.2. The van der Waals surface area contributed by atoms with Crippen LogP contribution in [0.15, 0.2) is 0 Å².